The summed E-state index contributed by atoms with van der Waals surface area (Å²) >= 11 is 6.24. The summed E-state index contributed by atoms with van der Waals surface area (Å²) in [6, 6.07) is 5.18. The van der Waals surface area contributed by atoms with Crippen LogP contribution in [-0.4, -0.2) is 49.8 Å². The second kappa shape index (κ2) is 9.87. The number of halogens is 1. The molecule has 5 nitrogen and oxygen atoms in total. The summed E-state index contributed by atoms with van der Waals surface area (Å²) in [4.78, 5) is 14.5. The Hall–Kier alpha value is -1.30. The minimum absolute atomic E-state index is 0.0259. The molecule has 1 amide bonds. The van der Waals surface area contributed by atoms with E-state index in [1.165, 1.54) is 0 Å². The Morgan fingerprint density at radius 1 is 1.46 bits per heavy atom. The maximum atomic E-state index is 12.7. The van der Waals surface area contributed by atoms with Crippen molar-refractivity contribution < 1.29 is 14.3 Å². The van der Waals surface area contributed by atoms with Crippen molar-refractivity contribution in [3.63, 3.8) is 0 Å². The molecule has 0 radical (unpaired) electrons. The third-order valence-electron chi connectivity index (χ3n) is 4.15. The smallest absolute Gasteiger partial charge is 0.253 e. The molecule has 1 aromatic rings. The second-order valence-corrected chi connectivity index (χ2v) is 6.38. The topological polar surface area (TPSA) is 64.8 Å². The van der Waals surface area contributed by atoms with E-state index in [-0.39, 0.29) is 12.0 Å². The molecule has 134 valence electrons. The third kappa shape index (κ3) is 5.36. The van der Waals surface area contributed by atoms with Crippen LogP contribution >= 0.6 is 11.6 Å². The highest BCUT2D eigenvalue weighted by Gasteiger charge is 2.22. The number of likely N-dealkylation sites (N-methyl/N-ethyl adjacent to an activating group) is 1. The zero-order chi connectivity index (χ0) is 17.4. The molecule has 24 heavy (non-hydrogen) atoms. The van der Waals surface area contributed by atoms with Crippen LogP contribution in [0.2, 0.25) is 5.02 Å². The number of hydrogen-bond donors (Lipinski definition) is 1. The first-order valence-corrected chi connectivity index (χ1v) is 9.06. The maximum absolute atomic E-state index is 12.7. The van der Waals surface area contributed by atoms with Crippen molar-refractivity contribution in [3.8, 4) is 5.75 Å². The molecule has 0 aliphatic carbocycles. The van der Waals surface area contributed by atoms with Crippen LogP contribution in [0.5, 0.6) is 5.75 Å². The van der Waals surface area contributed by atoms with Gasteiger partial charge in [-0.25, -0.2) is 0 Å². The highest BCUT2D eigenvalue weighted by atomic mass is 35.5. The summed E-state index contributed by atoms with van der Waals surface area (Å²) in [5, 5.41) is 0.447. The highest BCUT2D eigenvalue weighted by molar-refractivity contribution is 6.32. The fourth-order valence-electron chi connectivity index (χ4n) is 2.75. The second-order valence-electron chi connectivity index (χ2n) is 5.97. The number of nitrogens with two attached hydrogens (primary N) is 1. The summed E-state index contributed by atoms with van der Waals surface area (Å²) in [5.41, 5.74) is 6.02. The number of nitrogens with zero attached hydrogens (tertiary/aromatic N) is 1. The lowest BCUT2D eigenvalue weighted by Crippen LogP contribution is -2.39. The van der Waals surface area contributed by atoms with Crippen LogP contribution < -0.4 is 10.5 Å². The molecule has 0 spiro atoms. The molecule has 0 saturated carbocycles. The molecule has 0 aromatic heterocycles. The summed E-state index contributed by atoms with van der Waals surface area (Å²) in [7, 11) is 0. The Balaban J connectivity index is 1.99. The van der Waals surface area contributed by atoms with Crippen LogP contribution in [0.1, 0.15) is 43.0 Å². The molecule has 1 aliphatic heterocycles. The molecule has 2 N–H and O–H groups in total. The van der Waals surface area contributed by atoms with Gasteiger partial charge in [-0.1, -0.05) is 11.6 Å². The zero-order valence-electron chi connectivity index (χ0n) is 14.3. The first kappa shape index (κ1) is 19.0. The van der Waals surface area contributed by atoms with Crippen molar-refractivity contribution in [1.82, 2.24) is 4.90 Å². The zero-order valence-corrected chi connectivity index (χ0v) is 15.1. The molecule has 1 atom stereocenters. The normalized spacial score (nSPS) is 17.5. The summed E-state index contributed by atoms with van der Waals surface area (Å²) in [5.74, 6) is 0.558. The van der Waals surface area contributed by atoms with E-state index in [2.05, 4.69) is 0 Å². The van der Waals surface area contributed by atoms with E-state index in [4.69, 9.17) is 26.8 Å². The predicted octanol–water partition coefficient (Wildman–Crippen LogP) is 3.10. The lowest BCUT2D eigenvalue weighted by molar-refractivity contribution is -0.00311. The van der Waals surface area contributed by atoms with Gasteiger partial charge in [0.1, 0.15) is 5.75 Å². The number of benzene rings is 1. The van der Waals surface area contributed by atoms with E-state index in [0.29, 0.717) is 42.6 Å². The van der Waals surface area contributed by atoms with Crippen LogP contribution in [-0.2, 0) is 4.74 Å². The number of amides is 1. The van der Waals surface area contributed by atoms with Gasteiger partial charge in [-0.3, -0.25) is 4.79 Å². The lowest BCUT2D eigenvalue weighted by Gasteiger charge is -2.29. The van der Waals surface area contributed by atoms with Crippen LogP contribution in [0.15, 0.2) is 18.2 Å². The molecule has 6 heteroatoms. The largest absolute Gasteiger partial charge is 0.492 e. The minimum atomic E-state index is -0.0259. The molecule has 0 unspecified atom stereocenters. The number of carbonyl (C=O) groups excluding carboxylic acids is 1. The molecular formula is C18H27ClN2O3. The molecule has 1 aromatic carbocycles. The van der Waals surface area contributed by atoms with Gasteiger partial charge in [0.25, 0.3) is 5.91 Å². The molecule has 0 bridgehead atoms. The number of rotatable bonds is 8. The van der Waals surface area contributed by atoms with Gasteiger partial charge in [-0.05, 0) is 57.4 Å². The van der Waals surface area contributed by atoms with E-state index in [0.717, 1.165) is 32.3 Å². The number of carbonyl (C=O) groups is 1. The van der Waals surface area contributed by atoms with Crippen molar-refractivity contribution >= 4 is 17.5 Å². The van der Waals surface area contributed by atoms with Crippen molar-refractivity contribution in [2.24, 2.45) is 5.73 Å². The standard InChI is InChI=1S/C18H27ClN2O3/c1-2-21(13-15-6-3-4-10-23-15)18(22)14-7-8-17(16(19)12-14)24-11-5-9-20/h7-8,12,15H,2-6,9-11,13,20H2,1H3/t15-/m0/s1. The Morgan fingerprint density at radius 2 is 2.29 bits per heavy atom. The van der Waals surface area contributed by atoms with Crippen molar-refractivity contribution in [2.75, 3.05) is 32.8 Å². The van der Waals surface area contributed by atoms with Crippen molar-refractivity contribution in [2.45, 2.75) is 38.7 Å². The van der Waals surface area contributed by atoms with Gasteiger partial charge >= 0.3 is 0 Å². The first-order valence-electron chi connectivity index (χ1n) is 8.69. The van der Waals surface area contributed by atoms with E-state index in [9.17, 15) is 4.79 Å². The molecule has 1 saturated heterocycles. The Morgan fingerprint density at radius 3 is 2.92 bits per heavy atom. The monoisotopic (exact) mass is 354 g/mol. The molecular weight excluding hydrogens is 328 g/mol. The van der Waals surface area contributed by atoms with Gasteiger partial charge in [-0.15, -0.1) is 0 Å². The Kier molecular flexibility index (Phi) is 7.82. The molecule has 1 heterocycles. The predicted molar refractivity (Wildman–Crippen MR) is 95.8 cm³/mol. The van der Waals surface area contributed by atoms with E-state index < -0.39 is 0 Å². The van der Waals surface area contributed by atoms with Gasteiger partial charge in [0.05, 0.1) is 17.7 Å². The van der Waals surface area contributed by atoms with Gasteiger partial charge in [0.15, 0.2) is 0 Å². The van der Waals surface area contributed by atoms with E-state index >= 15 is 0 Å². The van der Waals surface area contributed by atoms with Crippen molar-refractivity contribution in [1.29, 1.82) is 0 Å². The van der Waals surface area contributed by atoms with E-state index in [1.807, 2.05) is 11.8 Å². The SMILES string of the molecule is CCN(C[C@@H]1CCCCO1)C(=O)c1ccc(OCCCN)c(Cl)c1. The highest BCUT2D eigenvalue weighted by Crippen LogP contribution is 2.26. The van der Waals surface area contributed by atoms with Gasteiger partial charge in [0.2, 0.25) is 0 Å². The lowest BCUT2D eigenvalue weighted by atomic mass is 10.1. The number of hydrogen-bond acceptors (Lipinski definition) is 4. The minimum Gasteiger partial charge on any atom is -0.492 e. The summed E-state index contributed by atoms with van der Waals surface area (Å²) in [6.45, 7) is 5.13. The summed E-state index contributed by atoms with van der Waals surface area (Å²) in [6.07, 6.45) is 4.19. The molecule has 1 fully saturated rings. The van der Waals surface area contributed by atoms with Crippen LogP contribution in [0.25, 0.3) is 0 Å². The van der Waals surface area contributed by atoms with Crippen LogP contribution in [0.4, 0.5) is 0 Å². The van der Waals surface area contributed by atoms with Gasteiger partial charge in [-0.2, -0.15) is 0 Å². The first-order chi connectivity index (χ1) is 11.7. The van der Waals surface area contributed by atoms with Crippen LogP contribution in [0.3, 0.4) is 0 Å². The van der Waals surface area contributed by atoms with Crippen LogP contribution in [0, 0.1) is 0 Å². The average Bonchev–Trinajstić information content (AvgIpc) is 2.61. The fourth-order valence-corrected chi connectivity index (χ4v) is 2.99. The number of ether oxygens (including phenoxy) is 2. The Labute approximate surface area is 149 Å². The third-order valence-corrected chi connectivity index (χ3v) is 4.45. The molecule has 2 rings (SSSR count). The fraction of sp³-hybridized carbons (Fsp3) is 0.611. The average molecular weight is 355 g/mol. The van der Waals surface area contributed by atoms with Crippen molar-refractivity contribution in [3.05, 3.63) is 28.8 Å². The summed E-state index contributed by atoms with van der Waals surface area (Å²) < 4.78 is 11.3. The quantitative estimate of drug-likeness (QED) is 0.728. The van der Waals surface area contributed by atoms with Gasteiger partial charge in [0, 0.05) is 25.3 Å². The molecule has 1 aliphatic rings. The van der Waals surface area contributed by atoms with Gasteiger partial charge < -0.3 is 20.1 Å². The van der Waals surface area contributed by atoms with E-state index in [1.54, 1.807) is 18.2 Å². The maximum Gasteiger partial charge on any atom is 0.253 e. The Bertz CT molecular complexity index is 533.